The highest BCUT2D eigenvalue weighted by atomic mass is 32.1. The molecule has 2 fully saturated rings. The van der Waals surface area contributed by atoms with Crippen LogP contribution in [0.25, 0.3) is 0 Å². The number of amides is 2. The second-order valence-electron chi connectivity index (χ2n) is 5.41. The van der Waals surface area contributed by atoms with Crippen LogP contribution in [0.15, 0.2) is 18.2 Å². The zero-order chi connectivity index (χ0) is 15.0. The first kappa shape index (κ1) is 14.2. The minimum atomic E-state index is -0.340. The maximum atomic E-state index is 14.3. The lowest BCUT2D eigenvalue weighted by molar-refractivity contribution is 0.116. The van der Waals surface area contributed by atoms with Crippen LogP contribution < -0.4 is 11.1 Å². The number of fused-ring (bicyclic) bond motifs is 1. The molecule has 2 aliphatic rings. The smallest absolute Gasteiger partial charge is 0.317 e. The lowest BCUT2D eigenvalue weighted by Gasteiger charge is -2.36. The molecule has 0 aromatic heterocycles. The van der Waals surface area contributed by atoms with E-state index in [1.54, 1.807) is 18.2 Å². The highest BCUT2D eigenvalue weighted by Crippen LogP contribution is 2.19. The van der Waals surface area contributed by atoms with Gasteiger partial charge in [-0.2, -0.15) is 0 Å². The van der Waals surface area contributed by atoms with Crippen LogP contribution >= 0.6 is 12.2 Å². The summed E-state index contributed by atoms with van der Waals surface area (Å²) < 4.78 is 14.3. The number of rotatable bonds is 3. The summed E-state index contributed by atoms with van der Waals surface area (Å²) in [6.07, 6.45) is 0. The number of hydrogen-bond donors (Lipinski definition) is 2. The molecular weight excluding hydrogens is 291 g/mol. The van der Waals surface area contributed by atoms with Crippen LogP contribution in [0.2, 0.25) is 0 Å². The highest BCUT2D eigenvalue weighted by Gasteiger charge is 2.35. The van der Waals surface area contributed by atoms with Gasteiger partial charge in [-0.05, 0) is 6.07 Å². The third-order valence-electron chi connectivity index (χ3n) is 4.05. The molecule has 2 heterocycles. The summed E-state index contributed by atoms with van der Waals surface area (Å²) in [7, 11) is 0. The predicted octanol–water partition coefficient (Wildman–Crippen LogP) is 0.669. The molecule has 7 heteroatoms. The number of benzene rings is 1. The van der Waals surface area contributed by atoms with Crippen molar-refractivity contribution in [3.63, 3.8) is 0 Å². The van der Waals surface area contributed by atoms with Crippen molar-refractivity contribution in [2.24, 2.45) is 5.73 Å². The van der Waals surface area contributed by atoms with E-state index in [2.05, 4.69) is 10.2 Å². The Bertz CT molecular complexity index is 594. The summed E-state index contributed by atoms with van der Waals surface area (Å²) >= 11 is 4.86. The Morgan fingerprint density at radius 1 is 1.48 bits per heavy atom. The molecule has 1 atom stereocenters. The molecule has 2 saturated heterocycles. The van der Waals surface area contributed by atoms with Crippen LogP contribution in [0.3, 0.4) is 0 Å². The van der Waals surface area contributed by atoms with Gasteiger partial charge in [0.05, 0.1) is 6.04 Å². The fourth-order valence-electron chi connectivity index (χ4n) is 2.95. The normalized spacial score (nSPS) is 22.0. The van der Waals surface area contributed by atoms with Gasteiger partial charge in [-0.25, -0.2) is 9.18 Å². The molecule has 0 saturated carbocycles. The number of carbonyl (C=O) groups is 1. The Morgan fingerprint density at radius 3 is 3.05 bits per heavy atom. The summed E-state index contributed by atoms with van der Waals surface area (Å²) in [5, 5.41) is 2.83. The van der Waals surface area contributed by atoms with Crippen LogP contribution in [0.5, 0.6) is 0 Å². The number of carbonyl (C=O) groups excluding carboxylic acids is 1. The first-order valence-corrected chi connectivity index (χ1v) is 7.31. The number of thiocarbonyl (C=S) groups is 1. The number of nitrogens with two attached hydrogens (primary N) is 1. The van der Waals surface area contributed by atoms with Crippen molar-refractivity contribution in [3.05, 3.63) is 35.1 Å². The van der Waals surface area contributed by atoms with Gasteiger partial charge in [0, 0.05) is 43.9 Å². The van der Waals surface area contributed by atoms with Crippen molar-refractivity contribution >= 4 is 23.2 Å². The van der Waals surface area contributed by atoms with E-state index in [1.807, 2.05) is 4.90 Å². The van der Waals surface area contributed by atoms with E-state index >= 15 is 0 Å². The SMILES string of the molecule is NC(=S)c1cccc(CN2CCN3C(=O)NCC3C2)c1F. The third-order valence-corrected chi connectivity index (χ3v) is 4.27. The van der Waals surface area contributed by atoms with Crippen molar-refractivity contribution in [1.82, 2.24) is 15.1 Å². The Kier molecular flexibility index (Phi) is 3.77. The molecular formula is C14H17FN4OS. The first-order valence-electron chi connectivity index (χ1n) is 6.90. The average Bonchev–Trinajstić information content (AvgIpc) is 2.82. The van der Waals surface area contributed by atoms with E-state index in [1.165, 1.54) is 0 Å². The van der Waals surface area contributed by atoms with E-state index in [-0.39, 0.29) is 22.9 Å². The quantitative estimate of drug-likeness (QED) is 0.806. The lowest BCUT2D eigenvalue weighted by Crippen LogP contribution is -2.51. The molecule has 0 bridgehead atoms. The Morgan fingerprint density at radius 2 is 2.29 bits per heavy atom. The van der Waals surface area contributed by atoms with Gasteiger partial charge in [-0.15, -0.1) is 0 Å². The van der Waals surface area contributed by atoms with Crippen molar-refractivity contribution in [1.29, 1.82) is 0 Å². The van der Waals surface area contributed by atoms with Gasteiger partial charge in [0.1, 0.15) is 10.8 Å². The van der Waals surface area contributed by atoms with E-state index in [0.29, 0.717) is 30.8 Å². The van der Waals surface area contributed by atoms with Gasteiger partial charge >= 0.3 is 6.03 Å². The minimum absolute atomic E-state index is 0.00121. The molecule has 5 nitrogen and oxygen atoms in total. The lowest BCUT2D eigenvalue weighted by atomic mass is 10.1. The highest BCUT2D eigenvalue weighted by molar-refractivity contribution is 7.80. The molecule has 1 aromatic rings. The minimum Gasteiger partial charge on any atom is -0.389 e. The summed E-state index contributed by atoms with van der Waals surface area (Å²) in [5.41, 5.74) is 6.41. The molecule has 0 spiro atoms. The number of nitrogens with one attached hydrogen (secondary N) is 1. The summed E-state index contributed by atoms with van der Waals surface area (Å²) in [6.45, 7) is 3.31. The van der Waals surface area contributed by atoms with Crippen molar-refractivity contribution in [2.75, 3.05) is 26.2 Å². The van der Waals surface area contributed by atoms with Gasteiger partial charge in [0.25, 0.3) is 0 Å². The maximum Gasteiger partial charge on any atom is 0.317 e. The summed E-state index contributed by atoms with van der Waals surface area (Å²) in [6, 6.07) is 5.29. The zero-order valence-electron chi connectivity index (χ0n) is 11.5. The third kappa shape index (κ3) is 2.71. The van der Waals surface area contributed by atoms with Crippen LogP contribution in [0.4, 0.5) is 9.18 Å². The molecule has 2 aliphatic heterocycles. The summed E-state index contributed by atoms with van der Waals surface area (Å²) in [4.78, 5) is 15.6. The topological polar surface area (TPSA) is 61.6 Å². The van der Waals surface area contributed by atoms with Gasteiger partial charge in [-0.3, -0.25) is 4.90 Å². The monoisotopic (exact) mass is 308 g/mol. The number of halogens is 1. The molecule has 3 rings (SSSR count). The van der Waals surface area contributed by atoms with Crippen LogP contribution in [0, 0.1) is 5.82 Å². The fraction of sp³-hybridized carbons (Fsp3) is 0.429. The number of urea groups is 1. The second kappa shape index (κ2) is 5.57. The molecule has 21 heavy (non-hydrogen) atoms. The van der Waals surface area contributed by atoms with E-state index < -0.39 is 0 Å². The largest absolute Gasteiger partial charge is 0.389 e. The second-order valence-corrected chi connectivity index (χ2v) is 5.85. The number of piperazine rings is 1. The van der Waals surface area contributed by atoms with Crippen LogP contribution in [-0.4, -0.2) is 53.0 Å². The van der Waals surface area contributed by atoms with Gasteiger partial charge in [-0.1, -0.05) is 24.4 Å². The first-order chi connectivity index (χ1) is 10.1. The van der Waals surface area contributed by atoms with E-state index in [9.17, 15) is 9.18 Å². The maximum absolute atomic E-state index is 14.3. The molecule has 112 valence electrons. The van der Waals surface area contributed by atoms with Gasteiger partial charge in [0.15, 0.2) is 0 Å². The van der Waals surface area contributed by atoms with E-state index in [0.717, 1.165) is 13.1 Å². The average molecular weight is 308 g/mol. The molecule has 1 aromatic carbocycles. The van der Waals surface area contributed by atoms with Crippen LogP contribution in [-0.2, 0) is 6.54 Å². The molecule has 1 unspecified atom stereocenters. The number of nitrogens with zero attached hydrogens (tertiary/aromatic N) is 2. The Hall–Kier alpha value is -1.73. The Labute approximate surface area is 127 Å². The molecule has 0 aliphatic carbocycles. The zero-order valence-corrected chi connectivity index (χ0v) is 12.3. The molecule has 2 amide bonds. The summed E-state index contributed by atoms with van der Waals surface area (Å²) in [5.74, 6) is -0.340. The van der Waals surface area contributed by atoms with Crippen molar-refractivity contribution < 1.29 is 9.18 Å². The standard InChI is InChI=1S/C14H17FN4OS/c15-12-9(2-1-3-11(12)13(16)21)7-18-4-5-19-10(8-18)6-17-14(19)20/h1-3,10H,4-8H2,(H2,16,21)(H,17,20). The Balaban J connectivity index is 1.72. The van der Waals surface area contributed by atoms with Gasteiger partial charge < -0.3 is 16.0 Å². The fourth-order valence-corrected chi connectivity index (χ4v) is 3.10. The number of hydrogen-bond acceptors (Lipinski definition) is 3. The molecule has 3 N–H and O–H groups in total. The predicted molar refractivity (Wildman–Crippen MR) is 81.5 cm³/mol. The van der Waals surface area contributed by atoms with Crippen molar-refractivity contribution in [2.45, 2.75) is 12.6 Å². The molecule has 0 radical (unpaired) electrons. The van der Waals surface area contributed by atoms with Gasteiger partial charge in [0.2, 0.25) is 0 Å². The van der Waals surface area contributed by atoms with Crippen LogP contribution in [0.1, 0.15) is 11.1 Å². The van der Waals surface area contributed by atoms with E-state index in [4.69, 9.17) is 18.0 Å². The van der Waals surface area contributed by atoms with Crippen molar-refractivity contribution in [3.8, 4) is 0 Å².